The molecule has 0 fully saturated rings. The summed E-state index contributed by atoms with van der Waals surface area (Å²) in [5.74, 6) is 2.21. The zero-order valence-corrected chi connectivity index (χ0v) is 27.0. The van der Waals surface area contributed by atoms with Crippen LogP contribution >= 0.6 is 85.4 Å². The molecule has 4 nitrogen and oxygen atoms in total. The molecule has 0 saturated carbocycles. The zero-order chi connectivity index (χ0) is 26.3. The van der Waals surface area contributed by atoms with Crippen LogP contribution in [0.15, 0.2) is 32.0 Å². The lowest BCUT2D eigenvalue weighted by atomic mass is 9.99. The summed E-state index contributed by atoms with van der Waals surface area (Å²) in [6.45, 7) is 10.3. The number of hydrogen-bond acceptors (Lipinski definition) is 7. The Morgan fingerprint density at radius 2 is 1.22 bits per heavy atom. The minimum absolute atomic E-state index is 0.174. The summed E-state index contributed by atoms with van der Waals surface area (Å²) in [6, 6.07) is 4.26. The summed E-state index contributed by atoms with van der Waals surface area (Å²) in [6.07, 6.45) is 3.86. The third kappa shape index (κ3) is 6.02. The predicted octanol–water partition coefficient (Wildman–Crippen LogP) is 7.04. The number of pyridine rings is 2. The lowest BCUT2D eigenvalue weighted by molar-refractivity contribution is 0.297. The number of nitrogens with zero attached hydrogens (tertiary/aromatic N) is 2. The van der Waals surface area contributed by atoms with Crippen molar-refractivity contribution >= 4 is 90.5 Å². The van der Waals surface area contributed by atoms with Crippen molar-refractivity contribution in [2.45, 2.75) is 84.3 Å². The van der Waals surface area contributed by atoms with Crippen LogP contribution in [0.3, 0.4) is 0 Å². The van der Waals surface area contributed by atoms with Crippen molar-refractivity contribution in [3.05, 3.63) is 32.5 Å². The summed E-state index contributed by atoms with van der Waals surface area (Å²) in [4.78, 5) is 2.57. The molecule has 36 heavy (non-hydrogen) atoms. The quantitative estimate of drug-likeness (QED) is 0.188. The first-order valence-electron chi connectivity index (χ1n) is 12.2. The molecule has 196 valence electrons. The summed E-state index contributed by atoms with van der Waals surface area (Å²) >= 11 is 30.5. The topological polar surface area (TPSA) is 33.9 Å². The molecule has 11 heteroatoms. The van der Waals surface area contributed by atoms with E-state index in [1.165, 1.54) is 20.9 Å². The van der Waals surface area contributed by atoms with Crippen molar-refractivity contribution in [2.75, 3.05) is 24.6 Å². The first kappa shape index (κ1) is 28.8. The Kier molecular flexibility index (Phi) is 9.22. The number of hydrogen-bond donors (Lipinski definition) is 4. The maximum atomic E-state index is 5.73. The van der Waals surface area contributed by atoms with Gasteiger partial charge >= 0.3 is 0 Å². The van der Waals surface area contributed by atoms with E-state index in [2.05, 4.69) is 59.6 Å². The molecule has 0 spiro atoms. The Morgan fingerprint density at radius 3 is 1.61 bits per heavy atom. The molecular weight excluding hydrogens is 581 g/mol. The molecule has 0 bridgehead atoms. The van der Waals surface area contributed by atoms with Crippen molar-refractivity contribution in [2.24, 2.45) is 0 Å². The minimum Gasteiger partial charge on any atom is -0.363 e. The van der Waals surface area contributed by atoms with Crippen LogP contribution < -0.4 is 10.6 Å². The van der Waals surface area contributed by atoms with Crippen molar-refractivity contribution in [1.82, 2.24) is 19.8 Å². The van der Waals surface area contributed by atoms with E-state index in [1.807, 2.05) is 23.5 Å². The number of thioether (sulfide) groups is 2. The van der Waals surface area contributed by atoms with Crippen LogP contribution in [-0.4, -0.2) is 38.8 Å². The molecule has 2 aliphatic heterocycles. The SMILES string of the molecule is CC(C)(CCNC(=S)NCCC(C)(C)n1c(S)c2c(cc1=S)SCC2)n1c(S)c2c(cc1=S)SCC2. The number of nitrogens with one attached hydrogen (secondary N) is 2. The van der Waals surface area contributed by atoms with Gasteiger partial charge in [0.25, 0.3) is 0 Å². The standard InChI is InChI=1S/C25H34N4S7/c1-24(2,28-19(30)13-17-15(21(28)32)5-11-35-17)7-9-26-23(34)27-10-8-25(3,4)29-20(31)14-18-16(22(29)33)6-12-36-18/h13-14,32-33H,5-12H2,1-4H3,(H2,26,27,34). The van der Waals surface area contributed by atoms with Crippen molar-refractivity contribution < 1.29 is 0 Å². The number of fused-ring (bicyclic) bond motifs is 2. The second-order valence-electron chi connectivity index (χ2n) is 10.5. The molecule has 0 saturated heterocycles. The van der Waals surface area contributed by atoms with E-state index >= 15 is 0 Å². The highest BCUT2D eigenvalue weighted by Gasteiger charge is 2.28. The predicted molar refractivity (Wildman–Crippen MR) is 170 cm³/mol. The fraction of sp³-hybridized carbons (Fsp3) is 0.560. The Morgan fingerprint density at radius 1 is 0.833 bits per heavy atom. The molecule has 0 aliphatic carbocycles. The first-order chi connectivity index (χ1) is 16.9. The molecule has 0 atom stereocenters. The highest BCUT2D eigenvalue weighted by molar-refractivity contribution is 8.00. The average molecular weight is 615 g/mol. The molecule has 2 aromatic rings. The van der Waals surface area contributed by atoms with E-state index in [0.717, 1.165) is 69.6 Å². The van der Waals surface area contributed by atoms with Gasteiger partial charge in [0.15, 0.2) is 5.11 Å². The third-order valence-corrected chi connectivity index (χ3v) is 11.0. The Labute approximate surface area is 250 Å². The average Bonchev–Trinajstić information content (AvgIpc) is 3.42. The molecule has 2 aliphatic rings. The van der Waals surface area contributed by atoms with Gasteiger partial charge in [-0.1, -0.05) is 24.4 Å². The molecule has 0 aromatic carbocycles. The smallest absolute Gasteiger partial charge is 0.166 e. The summed E-state index contributed by atoms with van der Waals surface area (Å²) in [5.41, 5.74) is 2.30. The largest absolute Gasteiger partial charge is 0.363 e. The number of rotatable bonds is 8. The van der Waals surface area contributed by atoms with E-state index < -0.39 is 0 Å². The van der Waals surface area contributed by atoms with E-state index in [-0.39, 0.29) is 11.1 Å². The first-order valence-corrected chi connectivity index (χ1v) is 16.3. The second kappa shape index (κ2) is 11.5. The molecule has 0 radical (unpaired) electrons. The minimum atomic E-state index is -0.174. The molecular formula is C25H34N4S7. The van der Waals surface area contributed by atoms with Gasteiger partial charge in [0.05, 0.1) is 10.1 Å². The van der Waals surface area contributed by atoms with Gasteiger partial charge in [-0.3, -0.25) is 0 Å². The van der Waals surface area contributed by atoms with E-state index in [1.54, 1.807) is 0 Å². The van der Waals surface area contributed by atoms with Crippen LogP contribution in [0.1, 0.15) is 51.7 Å². The van der Waals surface area contributed by atoms with Gasteiger partial charge in [0.2, 0.25) is 0 Å². The Bertz CT molecular complexity index is 1200. The normalized spacial score (nSPS) is 15.1. The molecule has 2 N–H and O–H groups in total. The van der Waals surface area contributed by atoms with Crippen molar-refractivity contribution in [3.63, 3.8) is 0 Å². The van der Waals surface area contributed by atoms with Crippen molar-refractivity contribution in [3.8, 4) is 0 Å². The molecule has 0 amide bonds. The summed E-state index contributed by atoms with van der Waals surface area (Å²) < 4.78 is 6.08. The fourth-order valence-electron chi connectivity index (χ4n) is 4.90. The molecule has 0 unspecified atom stereocenters. The zero-order valence-electron chi connectivity index (χ0n) is 21.1. The van der Waals surface area contributed by atoms with Gasteiger partial charge in [-0.15, -0.1) is 48.8 Å². The third-order valence-electron chi connectivity index (χ3n) is 6.98. The van der Waals surface area contributed by atoms with Gasteiger partial charge in [-0.25, -0.2) is 0 Å². The van der Waals surface area contributed by atoms with Crippen molar-refractivity contribution in [1.29, 1.82) is 0 Å². The second-order valence-corrected chi connectivity index (χ2v) is 14.8. The van der Waals surface area contributed by atoms with Crippen LogP contribution in [0.4, 0.5) is 0 Å². The van der Waals surface area contributed by atoms with Crippen LogP contribution in [0.5, 0.6) is 0 Å². The number of thiol groups is 2. The van der Waals surface area contributed by atoms with Gasteiger partial charge in [0.1, 0.15) is 9.28 Å². The van der Waals surface area contributed by atoms with Gasteiger partial charge in [-0.05, 0) is 88.9 Å². The van der Waals surface area contributed by atoms with Gasteiger partial charge in [-0.2, -0.15) is 0 Å². The Balaban J connectivity index is 1.31. The van der Waals surface area contributed by atoms with E-state index in [9.17, 15) is 0 Å². The summed E-state index contributed by atoms with van der Waals surface area (Å²) in [5, 5.41) is 9.44. The van der Waals surface area contributed by atoms with Crippen LogP contribution in [0.25, 0.3) is 0 Å². The van der Waals surface area contributed by atoms with Gasteiger partial charge < -0.3 is 19.8 Å². The lowest BCUT2D eigenvalue weighted by Crippen LogP contribution is -2.41. The Hall–Kier alpha value is -0.170. The van der Waals surface area contributed by atoms with Crippen LogP contribution in [0, 0.1) is 9.28 Å². The lowest BCUT2D eigenvalue weighted by Gasteiger charge is -2.32. The molecule has 2 aromatic heterocycles. The molecule has 4 rings (SSSR count). The maximum Gasteiger partial charge on any atom is 0.166 e. The van der Waals surface area contributed by atoms with Crippen LogP contribution in [-0.2, 0) is 23.9 Å². The molecule has 4 heterocycles. The van der Waals surface area contributed by atoms with Gasteiger partial charge in [0, 0.05) is 45.5 Å². The van der Waals surface area contributed by atoms with Crippen LogP contribution in [0.2, 0.25) is 0 Å². The van der Waals surface area contributed by atoms with E-state index in [4.69, 9.17) is 61.9 Å². The highest BCUT2D eigenvalue weighted by atomic mass is 32.2. The highest BCUT2D eigenvalue weighted by Crippen LogP contribution is 2.39. The summed E-state index contributed by atoms with van der Waals surface area (Å²) in [7, 11) is 0. The fourth-order valence-corrected chi connectivity index (χ4v) is 9.86. The monoisotopic (exact) mass is 614 g/mol. The number of thiocarbonyl (C=S) groups is 1. The maximum absolute atomic E-state index is 5.73. The van der Waals surface area contributed by atoms with E-state index in [0.29, 0.717) is 5.11 Å². The number of aromatic nitrogens is 2.